The van der Waals surface area contributed by atoms with Crippen molar-refractivity contribution >= 4 is 97.1 Å². The van der Waals surface area contributed by atoms with E-state index in [1.54, 1.807) is 24.3 Å². The molecule has 0 unspecified atom stereocenters. The number of esters is 1. The molecule has 1 saturated heterocycles. The van der Waals surface area contributed by atoms with Crippen molar-refractivity contribution < 1.29 is 28.6 Å². The number of methoxy groups -OCH3 is 2. The van der Waals surface area contributed by atoms with E-state index in [1.807, 2.05) is 0 Å². The van der Waals surface area contributed by atoms with Crippen LogP contribution in [-0.2, 0) is 14.3 Å². The summed E-state index contributed by atoms with van der Waals surface area (Å²) in [7, 11) is 2.69. The first-order valence-electron chi connectivity index (χ1n) is 9.50. The van der Waals surface area contributed by atoms with Crippen LogP contribution in [0.15, 0.2) is 39.7 Å². The van der Waals surface area contributed by atoms with Gasteiger partial charge in [0, 0.05) is 10.2 Å². The quantitative estimate of drug-likeness (QED) is 0.245. The molecule has 3 amide bonds. The van der Waals surface area contributed by atoms with Crippen LogP contribution in [0.25, 0.3) is 6.08 Å². The van der Waals surface area contributed by atoms with E-state index in [1.165, 1.54) is 26.4 Å². The molecule has 0 spiro atoms. The first kappa shape index (κ1) is 27.1. The van der Waals surface area contributed by atoms with Crippen molar-refractivity contribution in [3.05, 3.63) is 55.3 Å². The number of carbonyl (C=O) groups excluding carboxylic acids is 3. The summed E-state index contributed by atoms with van der Waals surface area (Å²) in [5.41, 5.74) is 3.37. The number of nitrogens with zero attached hydrogens (tertiary/aromatic N) is 1. The van der Waals surface area contributed by atoms with Crippen molar-refractivity contribution in [2.45, 2.75) is 0 Å². The number of hydrogen-bond donors (Lipinski definition) is 2. The van der Waals surface area contributed by atoms with Crippen LogP contribution in [0.1, 0.15) is 5.56 Å². The maximum atomic E-state index is 12.9. The third-order valence-electron chi connectivity index (χ3n) is 4.33. The SMILES string of the molecule is COC(=O)COc1cc(Br)c(/C=C2/SC(=S)N(NC(=O)Nc3ccc(Cl)c(Cl)c3)C2=O)cc1OC. The van der Waals surface area contributed by atoms with Gasteiger partial charge in [0.1, 0.15) is 0 Å². The summed E-state index contributed by atoms with van der Waals surface area (Å²) >= 11 is 21.5. The molecule has 2 N–H and O–H groups in total. The Morgan fingerprint density at radius 3 is 2.57 bits per heavy atom. The molecule has 1 aliphatic heterocycles. The Balaban J connectivity index is 1.74. The van der Waals surface area contributed by atoms with Crippen LogP contribution < -0.4 is 20.2 Å². The molecule has 1 fully saturated rings. The average Bonchev–Trinajstić information content (AvgIpc) is 3.08. The van der Waals surface area contributed by atoms with Crippen molar-refractivity contribution in [1.82, 2.24) is 10.4 Å². The second kappa shape index (κ2) is 12.0. The molecular formula is C21H16BrCl2N3O6S2. The monoisotopic (exact) mass is 619 g/mol. The lowest BCUT2D eigenvalue weighted by Gasteiger charge is -2.16. The minimum Gasteiger partial charge on any atom is -0.493 e. The molecule has 184 valence electrons. The van der Waals surface area contributed by atoms with Gasteiger partial charge in [-0.25, -0.2) is 15.0 Å². The summed E-state index contributed by atoms with van der Waals surface area (Å²) in [5.74, 6) is -0.444. The summed E-state index contributed by atoms with van der Waals surface area (Å²) in [6.07, 6.45) is 1.58. The molecule has 14 heteroatoms. The number of thiocarbonyl (C=S) groups is 1. The van der Waals surface area contributed by atoms with Gasteiger partial charge >= 0.3 is 12.0 Å². The van der Waals surface area contributed by atoms with Gasteiger partial charge in [0.05, 0.1) is 29.2 Å². The molecular weight excluding hydrogens is 605 g/mol. The maximum absolute atomic E-state index is 12.9. The lowest BCUT2D eigenvalue weighted by atomic mass is 10.2. The van der Waals surface area contributed by atoms with Crippen LogP contribution in [0.5, 0.6) is 11.5 Å². The highest BCUT2D eigenvalue weighted by Gasteiger charge is 2.34. The minimum absolute atomic E-state index is 0.131. The molecule has 1 aliphatic rings. The van der Waals surface area contributed by atoms with Gasteiger partial charge < -0.3 is 19.5 Å². The molecule has 2 aromatic rings. The lowest BCUT2D eigenvalue weighted by Crippen LogP contribution is -2.46. The molecule has 2 aromatic carbocycles. The Bertz CT molecular complexity index is 1240. The topological polar surface area (TPSA) is 106 Å². The second-order valence-corrected chi connectivity index (χ2v) is 9.95. The molecule has 0 aromatic heterocycles. The Morgan fingerprint density at radius 1 is 1.17 bits per heavy atom. The van der Waals surface area contributed by atoms with Crippen molar-refractivity contribution in [3.63, 3.8) is 0 Å². The Kier molecular flexibility index (Phi) is 9.25. The van der Waals surface area contributed by atoms with E-state index in [4.69, 9.17) is 44.9 Å². The number of hydrazine groups is 1. The largest absolute Gasteiger partial charge is 0.493 e. The average molecular weight is 621 g/mol. The van der Waals surface area contributed by atoms with Crippen molar-refractivity contribution in [3.8, 4) is 11.5 Å². The summed E-state index contributed by atoms with van der Waals surface area (Å²) in [6.45, 7) is -0.298. The van der Waals surface area contributed by atoms with Crippen LogP contribution in [-0.4, -0.2) is 48.1 Å². The van der Waals surface area contributed by atoms with Crippen LogP contribution in [0, 0.1) is 0 Å². The molecule has 0 aliphatic carbocycles. The highest BCUT2D eigenvalue weighted by molar-refractivity contribution is 9.10. The fourth-order valence-electron chi connectivity index (χ4n) is 2.67. The molecule has 9 nitrogen and oxygen atoms in total. The van der Waals surface area contributed by atoms with Crippen LogP contribution in [0.4, 0.5) is 10.5 Å². The number of anilines is 1. The number of carbonyl (C=O) groups is 3. The smallest absolute Gasteiger partial charge is 0.343 e. The zero-order chi connectivity index (χ0) is 25.7. The number of halogens is 3. The zero-order valence-electron chi connectivity index (χ0n) is 18.0. The van der Waals surface area contributed by atoms with E-state index in [9.17, 15) is 14.4 Å². The fourth-order valence-corrected chi connectivity index (χ4v) is 4.57. The standard InChI is InChI=1S/C21H16BrCl2N3O6S2/c1-31-15-5-10(12(22)8-16(15)33-9-18(28)32-2)6-17-19(29)27(21(34)35-17)26-20(30)25-11-3-4-13(23)14(24)7-11/h3-8H,9H2,1-2H3,(H2,25,26,30)/b17-6+. The van der Waals surface area contributed by atoms with Crippen molar-refractivity contribution in [2.75, 3.05) is 26.1 Å². The van der Waals surface area contributed by atoms with Gasteiger partial charge in [-0.05, 0) is 54.2 Å². The lowest BCUT2D eigenvalue weighted by molar-refractivity contribution is -0.142. The van der Waals surface area contributed by atoms with Gasteiger partial charge in [-0.2, -0.15) is 5.01 Å². The summed E-state index contributed by atoms with van der Waals surface area (Å²) in [4.78, 5) is 36.9. The van der Waals surface area contributed by atoms with Crippen molar-refractivity contribution in [1.29, 1.82) is 0 Å². The highest BCUT2D eigenvalue weighted by Crippen LogP contribution is 2.38. The highest BCUT2D eigenvalue weighted by atomic mass is 79.9. The first-order valence-corrected chi connectivity index (χ1v) is 12.3. The van der Waals surface area contributed by atoms with Gasteiger partial charge in [-0.1, -0.05) is 50.9 Å². The van der Waals surface area contributed by atoms with E-state index in [0.29, 0.717) is 32.2 Å². The number of benzene rings is 2. The number of ether oxygens (including phenoxy) is 3. The summed E-state index contributed by atoms with van der Waals surface area (Å²) in [5, 5.41) is 4.11. The molecule has 0 saturated carbocycles. The predicted octanol–water partition coefficient (Wildman–Crippen LogP) is 5.25. The van der Waals surface area contributed by atoms with E-state index in [0.717, 1.165) is 16.8 Å². The first-order chi connectivity index (χ1) is 16.6. The summed E-state index contributed by atoms with van der Waals surface area (Å²) in [6, 6.07) is 7.07. The number of rotatable bonds is 7. The minimum atomic E-state index is -0.698. The number of nitrogens with one attached hydrogen (secondary N) is 2. The normalized spacial score (nSPS) is 14.2. The number of hydrogen-bond acceptors (Lipinski definition) is 8. The van der Waals surface area contributed by atoms with Gasteiger partial charge in [-0.15, -0.1) is 0 Å². The van der Waals surface area contributed by atoms with Gasteiger partial charge in [0.15, 0.2) is 22.4 Å². The Morgan fingerprint density at radius 2 is 1.91 bits per heavy atom. The Hall–Kier alpha value is -2.51. The maximum Gasteiger partial charge on any atom is 0.343 e. The van der Waals surface area contributed by atoms with Crippen molar-refractivity contribution in [2.24, 2.45) is 0 Å². The molecule has 3 rings (SSSR count). The number of thioether (sulfide) groups is 1. The van der Waals surface area contributed by atoms with Gasteiger partial charge in [-0.3, -0.25) is 4.79 Å². The third-order valence-corrected chi connectivity index (χ3v) is 7.06. The van der Waals surface area contributed by atoms with Crippen LogP contribution in [0.3, 0.4) is 0 Å². The molecule has 1 heterocycles. The fraction of sp³-hybridized carbons (Fsp3) is 0.143. The number of amides is 3. The molecule has 0 radical (unpaired) electrons. The van der Waals surface area contributed by atoms with Gasteiger partial charge in [0.25, 0.3) is 5.91 Å². The van der Waals surface area contributed by atoms with E-state index in [-0.39, 0.29) is 20.9 Å². The predicted molar refractivity (Wildman–Crippen MR) is 142 cm³/mol. The van der Waals surface area contributed by atoms with Crippen LogP contribution in [0.2, 0.25) is 10.0 Å². The van der Waals surface area contributed by atoms with Gasteiger partial charge in [0.2, 0.25) is 0 Å². The second-order valence-electron chi connectivity index (χ2n) is 6.60. The molecule has 0 bridgehead atoms. The Labute approximate surface area is 228 Å². The third kappa shape index (κ3) is 6.79. The number of urea groups is 1. The van der Waals surface area contributed by atoms with E-state index < -0.39 is 17.9 Å². The zero-order valence-corrected chi connectivity index (χ0v) is 22.7. The van der Waals surface area contributed by atoms with E-state index in [2.05, 4.69) is 31.4 Å². The molecule has 0 atom stereocenters. The van der Waals surface area contributed by atoms with E-state index >= 15 is 0 Å². The molecule has 35 heavy (non-hydrogen) atoms. The van der Waals surface area contributed by atoms with Crippen LogP contribution >= 0.6 is 63.1 Å². The summed E-state index contributed by atoms with van der Waals surface area (Å²) < 4.78 is 16.0.